The van der Waals surface area contributed by atoms with Gasteiger partial charge in [-0.15, -0.1) is 0 Å². The maximum atomic E-state index is 13.2. The quantitative estimate of drug-likeness (QED) is 0.662. The Morgan fingerprint density at radius 1 is 1.14 bits per heavy atom. The lowest BCUT2D eigenvalue weighted by Crippen LogP contribution is -2.42. The van der Waals surface area contributed by atoms with Gasteiger partial charge in [-0.05, 0) is 49.4 Å². The average Bonchev–Trinajstić information content (AvgIpc) is 3.14. The number of para-hydroxylation sites is 1. The lowest BCUT2D eigenvalue weighted by atomic mass is 9.89. The van der Waals surface area contributed by atoms with E-state index in [4.69, 9.17) is 9.40 Å². The molecular formula is C23H27N3O2. The van der Waals surface area contributed by atoms with Gasteiger partial charge in [0.1, 0.15) is 5.52 Å². The minimum absolute atomic E-state index is 0.181. The van der Waals surface area contributed by atoms with Crippen molar-refractivity contribution in [2.45, 2.75) is 45.4 Å². The highest BCUT2D eigenvalue weighted by Crippen LogP contribution is 2.33. The van der Waals surface area contributed by atoms with Gasteiger partial charge in [-0.25, -0.2) is 4.98 Å². The number of benzene rings is 1. The number of rotatable bonds is 4. The van der Waals surface area contributed by atoms with Crippen LogP contribution in [-0.2, 0) is 4.79 Å². The molecule has 1 unspecified atom stereocenters. The molecule has 0 saturated carbocycles. The summed E-state index contributed by atoms with van der Waals surface area (Å²) in [5, 5.41) is 0. The Morgan fingerprint density at radius 3 is 2.57 bits per heavy atom. The standard InChI is InChI=1S/C23H27N3O2/c1-15(2)20(18-8-4-5-12-24-18)23(27)26-13-10-17(11-14-26)22-25-19-9-6-7-16(3)21(19)28-22/h4-9,12,15,17,20H,10-11,13-14H2,1-3H3. The zero-order valence-electron chi connectivity index (χ0n) is 16.8. The van der Waals surface area contributed by atoms with Crippen LogP contribution in [0.1, 0.15) is 55.7 Å². The Labute approximate surface area is 165 Å². The number of pyridine rings is 1. The van der Waals surface area contributed by atoms with Crippen LogP contribution in [0.2, 0.25) is 0 Å². The van der Waals surface area contributed by atoms with Gasteiger partial charge >= 0.3 is 0 Å². The molecule has 0 spiro atoms. The van der Waals surface area contributed by atoms with E-state index in [9.17, 15) is 4.79 Å². The second kappa shape index (κ2) is 7.74. The van der Waals surface area contributed by atoms with Crippen LogP contribution in [0.25, 0.3) is 11.1 Å². The summed E-state index contributed by atoms with van der Waals surface area (Å²) in [7, 11) is 0. The number of nitrogens with zero attached hydrogens (tertiary/aromatic N) is 3. The first kappa shape index (κ1) is 18.7. The van der Waals surface area contributed by atoms with Crippen molar-refractivity contribution in [3.8, 4) is 0 Å². The van der Waals surface area contributed by atoms with E-state index in [-0.39, 0.29) is 23.7 Å². The maximum absolute atomic E-state index is 13.2. The molecule has 5 heteroatoms. The van der Waals surface area contributed by atoms with Gasteiger partial charge in [-0.2, -0.15) is 0 Å². The molecule has 0 N–H and O–H groups in total. The Morgan fingerprint density at radius 2 is 1.93 bits per heavy atom. The van der Waals surface area contributed by atoms with Gasteiger partial charge in [0.25, 0.3) is 0 Å². The average molecular weight is 377 g/mol. The predicted molar refractivity (Wildman–Crippen MR) is 109 cm³/mol. The second-order valence-corrected chi connectivity index (χ2v) is 8.05. The molecule has 1 aliphatic heterocycles. The molecule has 1 aliphatic rings. The van der Waals surface area contributed by atoms with E-state index >= 15 is 0 Å². The van der Waals surface area contributed by atoms with Crippen LogP contribution in [0.3, 0.4) is 0 Å². The van der Waals surface area contributed by atoms with Crippen LogP contribution in [0.15, 0.2) is 47.0 Å². The number of aromatic nitrogens is 2. The number of hydrogen-bond donors (Lipinski definition) is 0. The summed E-state index contributed by atoms with van der Waals surface area (Å²) in [6, 6.07) is 11.8. The van der Waals surface area contributed by atoms with Gasteiger partial charge in [-0.1, -0.05) is 32.0 Å². The molecule has 1 amide bonds. The predicted octanol–water partition coefficient (Wildman–Crippen LogP) is 4.68. The van der Waals surface area contributed by atoms with Gasteiger partial charge in [0.15, 0.2) is 11.5 Å². The molecule has 0 radical (unpaired) electrons. The Hall–Kier alpha value is -2.69. The van der Waals surface area contributed by atoms with Crippen molar-refractivity contribution in [1.29, 1.82) is 0 Å². The summed E-state index contributed by atoms with van der Waals surface area (Å²) in [6.45, 7) is 7.69. The van der Waals surface area contributed by atoms with Crippen molar-refractivity contribution < 1.29 is 9.21 Å². The highest BCUT2D eigenvalue weighted by molar-refractivity contribution is 5.83. The molecule has 28 heavy (non-hydrogen) atoms. The molecule has 4 rings (SSSR count). The van der Waals surface area contributed by atoms with Gasteiger partial charge in [0.05, 0.1) is 11.6 Å². The Bertz CT molecular complexity index is 956. The van der Waals surface area contributed by atoms with Gasteiger partial charge in [0, 0.05) is 25.2 Å². The summed E-state index contributed by atoms with van der Waals surface area (Å²) in [4.78, 5) is 24.3. The first-order valence-corrected chi connectivity index (χ1v) is 10.1. The molecule has 1 fully saturated rings. The van der Waals surface area contributed by atoms with Gasteiger partial charge < -0.3 is 9.32 Å². The monoisotopic (exact) mass is 377 g/mol. The maximum Gasteiger partial charge on any atom is 0.231 e. The number of amides is 1. The van der Waals surface area contributed by atoms with E-state index < -0.39 is 0 Å². The fourth-order valence-electron chi connectivity index (χ4n) is 4.14. The molecule has 146 valence electrons. The molecule has 3 aromatic rings. The van der Waals surface area contributed by atoms with Crippen molar-refractivity contribution in [2.75, 3.05) is 13.1 Å². The molecule has 1 saturated heterocycles. The molecule has 5 nitrogen and oxygen atoms in total. The molecule has 0 bridgehead atoms. The normalized spacial score (nSPS) is 16.6. The lowest BCUT2D eigenvalue weighted by molar-refractivity contribution is -0.135. The van der Waals surface area contributed by atoms with Gasteiger partial charge in [-0.3, -0.25) is 9.78 Å². The molecule has 1 aromatic carbocycles. The Balaban J connectivity index is 1.47. The van der Waals surface area contributed by atoms with Crippen LogP contribution in [0.5, 0.6) is 0 Å². The number of aryl methyl sites for hydroxylation is 1. The fraction of sp³-hybridized carbons (Fsp3) is 0.435. The number of oxazole rings is 1. The first-order valence-electron chi connectivity index (χ1n) is 10.1. The van der Waals surface area contributed by atoms with Crippen LogP contribution < -0.4 is 0 Å². The van der Waals surface area contributed by atoms with Crippen molar-refractivity contribution in [2.24, 2.45) is 5.92 Å². The summed E-state index contributed by atoms with van der Waals surface area (Å²) in [5.74, 6) is 1.27. The highest BCUT2D eigenvalue weighted by Gasteiger charge is 2.33. The van der Waals surface area contributed by atoms with Crippen LogP contribution >= 0.6 is 0 Å². The number of fused-ring (bicyclic) bond motifs is 1. The van der Waals surface area contributed by atoms with Crippen molar-refractivity contribution >= 4 is 17.0 Å². The summed E-state index contributed by atoms with van der Waals surface area (Å²) >= 11 is 0. The number of carbonyl (C=O) groups excluding carboxylic acids is 1. The van der Waals surface area contributed by atoms with Crippen molar-refractivity contribution in [3.05, 3.63) is 59.7 Å². The van der Waals surface area contributed by atoms with Crippen LogP contribution in [-0.4, -0.2) is 33.9 Å². The smallest absolute Gasteiger partial charge is 0.231 e. The third-order valence-electron chi connectivity index (χ3n) is 5.72. The third kappa shape index (κ3) is 3.53. The van der Waals surface area contributed by atoms with E-state index in [1.54, 1.807) is 6.20 Å². The molecule has 3 heterocycles. The number of likely N-dealkylation sites (tertiary alicyclic amines) is 1. The van der Waals surface area contributed by atoms with Gasteiger partial charge in [0.2, 0.25) is 5.91 Å². The summed E-state index contributed by atoms with van der Waals surface area (Å²) < 4.78 is 6.06. The molecule has 2 aromatic heterocycles. The molecule has 1 atom stereocenters. The Kier molecular flexibility index (Phi) is 5.16. The van der Waals surface area contributed by atoms with E-state index in [0.717, 1.165) is 54.2 Å². The van der Waals surface area contributed by atoms with E-state index in [1.807, 2.05) is 48.2 Å². The summed E-state index contributed by atoms with van der Waals surface area (Å²) in [5.41, 5.74) is 3.77. The lowest BCUT2D eigenvalue weighted by Gasteiger charge is -2.34. The zero-order valence-corrected chi connectivity index (χ0v) is 16.8. The number of hydrogen-bond acceptors (Lipinski definition) is 4. The third-order valence-corrected chi connectivity index (χ3v) is 5.72. The van der Waals surface area contributed by atoms with Crippen LogP contribution in [0.4, 0.5) is 0 Å². The molecular weight excluding hydrogens is 350 g/mol. The minimum atomic E-state index is -0.190. The largest absolute Gasteiger partial charge is 0.440 e. The van der Waals surface area contributed by atoms with E-state index in [2.05, 4.69) is 18.8 Å². The first-order chi connectivity index (χ1) is 13.5. The molecule has 0 aliphatic carbocycles. The van der Waals surface area contributed by atoms with Crippen molar-refractivity contribution in [1.82, 2.24) is 14.9 Å². The zero-order chi connectivity index (χ0) is 19.7. The highest BCUT2D eigenvalue weighted by atomic mass is 16.3. The minimum Gasteiger partial charge on any atom is -0.440 e. The van der Waals surface area contributed by atoms with Crippen LogP contribution in [0, 0.1) is 12.8 Å². The number of piperidine rings is 1. The SMILES string of the molecule is Cc1cccc2nc(C3CCN(C(=O)C(c4ccccn4)C(C)C)CC3)oc12. The second-order valence-electron chi connectivity index (χ2n) is 8.05. The fourth-order valence-corrected chi connectivity index (χ4v) is 4.14. The topological polar surface area (TPSA) is 59.2 Å². The van der Waals surface area contributed by atoms with E-state index in [1.165, 1.54) is 0 Å². The summed E-state index contributed by atoms with van der Waals surface area (Å²) in [6.07, 6.45) is 3.52. The van der Waals surface area contributed by atoms with Crippen molar-refractivity contribution in [3.63, 3.8) is 0 Å². The van der Waals surface area contributed by atoms with E-state index in [0.29, 0.717) is 0 Å². The number of carbonyl (C=O) groups is 1.